The van der Waals surface area contributed by atoms with E-state index in [4.69, 9.17) is 4.74 Å². The first-order valence-corrected chi connectivity index (χ1v) is 7.66. The van der Waals surface area contributed by atoms with Gasteiger partial charge in [0.2, 0.25) is 5.91 Å². The predicted molar refractivity (Wildman–Crippen MR) is 95.1 cm³/mol. The number of hydrogen-bond donors (Lipinski definition) is 2. The molecule has 24 heavy (non-hydrogen) atoms. The third kappa shape index (κ3) is 4.98. The average Bonchev–Trinajstić information content (AvgIpc) is 2.61. The number of carbonyl (C=O) groups is 2. The number of nitrogens with one attached hydrogen (secondary N) is 2. The second kappa shape index (κ2) is 8.53. The number of carbonyl (C=O) groups excluding carboxylic acids is 2. The highest BCUT2D eigenvalue weighted by Gasteiger charge is 2.02. The van der Waals surface area contributed by atoms with Crippen molar-refractivity contribution in [3.8, 4) is 5.75 Å². The van der Waals surface area contributed by atoms with Gasteiger partial charge in [-0.1, -0.05) is 12.1 Å². The molecule has 2 amide bonds. The quantitative estimate of drug-likeness (QED) is 0.802. The van der Waals surface area contributed by atoms with Crippen LogP contribution in [0.5, 0.6) is 5.75 Å². The van der Waals surface area contributed by atoms with Gasteiger partial charge in [0.15, 0.2) is 0 Å². The molecule has 2 aromatic rings. The van der Waals surface area contributed by atoms with Crippen molar-refractivity contribution in [3.05, 3.63) is 65.7 Å². The minimum absolute atomic E-state index is 0.140. The van der Waals surface area contributed by atoms with Crippen LogP contribution in [-0.4, -0.2) is 25.5 Å². The molecule has 0 fully saturated rings. The summed E-state index contributed by atoms with van der Waals surface area (Å²) in [5, 5.41) is 5.33. The Balaban J connectivity index is 1.93. The molecule has 124 valence electrons. The summed E-state index contributed by atoms with van der Waals surface area (Å²) in [6.45, 7) is 2.52. The molecule has 0 radical (unpaired) electrons. The highest BCUT2D eigenvalue weighted by atomic mass is 16.5. The van der Waals surface area contributed by atoms with E-state index >= 15 is 0 Å². The number of amides is 2. The molecule has 0 unspecified atom stereocenters. The first kappa shape index (κ1) is 17.3. The molecule has 0 spiro atoms. The van der Waals surface area contributed by atoms with Crippen LogP contribution < -0.4 is 15.4 Å². The highest BCUT2D eigenvalue weighted by molar-refractivity contribution is 6.02. The minimum atomic E-state index is -0.227. The van der Waals surface area contributed by atoms with E-state index in [0.29, 0.717) is 17.9 Å². The molecule has 5 heteroatoms. The van der Waals surface area contributed by atoms with Crippen LogP contribution in [0.2, 0.25) is 0 Å². The van der Waals surface area contributed by atoms with Gasteiger partial charge in [-0.05, 0) is 55.0 Å². The zero-order chi connectivity index (χ0) is 17.4. The van der Waals surface area contributed by atoms with E-state index in [2.05, 4.69) is 10.6 Å². The van der Waals surface area contributed by atoms with Gasteiger partial charge in [-0.15, -0.1) is 0 Å². The molecule has 0 saturated heterocycles. The zero-order valence-electron chi connectivity index (χ0n) is 13.7. The van der Waals surface area contributed by atoms with Crippen molar-refractivity contribution in [3.63, 3.8) is 0 Å². The molecule has 0 bridgehead atoms. The normalized spacial score (nSPS) is 10.4. The van der Waals surface area contributed by atoms with E-state index in [-0.39, 0.29) is 11.8 Å². The number of ether oxygens (including phenoxy) is 1. The van der Waals surface area contributed by atoms with Gasteiger partial charge >= 0.3 is 0 Å². The van der Waals surface area contributed by atoms with Gasteiger partial charge < -0.3 is 15.4 Å². The fourth-order valence-corrected chi connectivity index (χ4v) is 2.05. The topological polar surface area (TPSA) is 67.4 Å². The third-order valence-electron chi connectivity index (χ3n) is 3.26. The van der Waals surface area contributed by atoms with E-state index in [1.165, 1.54) is 6.08 Å². The zero-order valence-corrected chi connectivity index (χ0v) is 13.7. The Kier molecular flexibility index (Phi) is 6.14. The van der Waals surface area contributed by atoms with Crippen molar-refractivity contribution in [2.24, 2.45) is 0 Å². The lowest BCUT2D eigenvalue weighted by molar-refractivity contribution is -0.111. The average molecular weight is 324 g/mol. The van der Waals surface area contributed by atoms with Gasteiger partial charge in [0.25, 0.3) is 5.91 Å². The third-order valence-corrected chi connectivity index (χ3v) is 3.26. The van der Waals surface area contributed by atoms with Gasteiger partial charge in [0, 0.05) is 24.4 Å². The first-order valence-electron chi connectivity index (χ1n) is 7.66. The SMILES string of the molecule is CCOc1ccc(NC(=O)/C=C/c2ccc(C(=O)NC)cc2)cc1. The molecule has 2 rings (SSSR count). The number of rotatable bonds is 6. The summed E-state index contributed by atoms with van der Waals surface area (Å²) in [6.07, 6.45) is 3.14. The van der Waals surface area contributed by atoms with Crippen molar-refractivity contribution >= 4 is 23.6 Å². The van der Waals surface area contributed by atoms with Gasteiger partial charge in [-0.3, -0.25) is 9.59 Å². The lowest BCUT2D eigenvalue weighted by Crippen LogP contribution is -2.17. The molecule has 2 N–H and O–H groups in total. The Labute approximate surface area is 141 Å². The Bertz CT molecular complexity index is 719. The fourth-order valence-electron chi connectivity index (χ4n) is 2.05. The second-order valence-electron chi connectivity index (χ2n) is 4.98. The Morgan fingerprint density at radius 2 is 1.71 bits per heavy atom. The highest BCUT2D eigenvalue weighted by Crippen LogP contribution is 2.15. The van der Waals surface area contributed by atoms with Crippen LogP contribution in [0, 0.1) is 0 Å². The largest absolute Gasteiger partial charge is 0.494 e. The second-order valence-corrected chi connectivity index (χ2v) is 4.98. The van der Waals surface area contributed by atoms with Crippen LogP contribution in [0.15, 0.2) is 54.6 Å². The van der Waals surface area contributed by atoms with Gasteiger partial charge in [-0.25, -0.2) is 0 Å². The Hall–Kier alpha value is -3.08. The fraction of sp³-hybridized carbons (Fsp3) is 0.158. The molecular formula is C19H20N2O3. The van der Waals surface area contributed by atoms with Crippen molar-refractivity contribution < 1.29 is 14.3 Å². The van der Waals surface area contributed by atoms with Crippen molar-refractivity contribution in [2.75, 3.05) is 19.0 Å². The number of hydrogen-bond acceptors (Lipinski definition) is 3. The molecule has 0 heterocycles. The Morgan fingerprint density at radius 1 is 1.04 bits per heavy atom. The summed E-state index contributed by atoms with van der Waals surface area (Å²) >= 11 is 0. The molecule has 0 aliphatic heterocycles. The first-order chi connectivity index (χ1) is 11.6. The lowest BCUT2D eigenvalue weighted by atomic mass is 10.1. The summed E-state index contributed by atoms with van der Waals surface area (Å²) < 4.78 is 5.35. The summed E-state index contributed by atoms with van der Waals surface area (Å²) in [6, 6.07) is 14.2. The van der Waals surface area contributed by atoms with E-state index in [0.717, 1.165) is 11.3 Å². The van der Waals surface area contributed by atoms with Gasteiger partial charge in [0.1, 0.15) is 5.75 Å². The number of anilines is 1. The van der Waals surface area contributed by atoms with Crippen LogP contribution in [0.3, 0.4) is 0 Å². The summed E-state index contributed by atoms with van der Waals surface area (Å²) in [5.74, 6) is 0.399. The Morgan fingerprint density at radius 3 is 2.29 bits per heavy atom. The maximum Gasteiger partial charge on any atom is 0.251 e. The minimum Gasteiger partial charge on any atom is -0.494 e. The lowest BCUT2D eigenvalue weighted by Gasteiger charge is -2.05. The summed E-state index contributed by atoms with van der Waals surface area (Å²) in [4.78, 5) is 23.4. The van der Waals surface area contributed by atoms with E-state index in [9.17, 15) is 9.59 Å². The maximum atomic E-state index is 11.9. The molecule has 0 aliphatic carbocycles. The molecular weight excluding hydrogens is 304 g/mol. The predicted octanol–water partition coefficient (Wildman–Crippen LogP) is 3.10. The van der Waals surface area contributed by atoms with E-state index < -0.39 is 0 Å². The molecule has 5 nitrogen and oxygen atoms in total. The summed E-state index contributed by atoms with van der Waals surface area (Å²) in [7, 11) is 1.58. The smallest absolute Gasteiger partial charge is 0.251 e. The molecule has 0 aromatic heterocycles. The number of benzene rings is 2. The van der Waals surface area contributed by atoms with Crippen molar-refractivity contribution in [1.82, 2.24) is 5.32 Å². The van der Waals surface area contributed by atoms with Gasteiger partial charge in [-0.2, -0.15) is 0 Å². The standard InChI is InChI=1S/C19H20N2O3/c1-3-24-17-11-9-16(10-12-17)21-18(22)13-6-14-4-7-15(8-5-14)19(23)20-2/h4-13H,3H2,1-2H3,(H,20,23)(H,21,22)/b13-6+. The molecule has 2 aromatic carbocycles. The molecule has 0 aliphatic rings. The monoisotopic (exact) mass is 324 g/mol. The van der Waals surface area contributed by atoms with Crippen LogP contribution >= 0.6 is 0 Å². The van der Waals surface area contributed by atoms with Crippen LogP contribution in [0.4, 0.5) is 5.69 Å². The van der Waals surface area contributed by atoms with E-state index in [1.807, 2.05) is 6.92 Å². The summed E-state index contributed by atoms with van der Waals surface area (Å²) in [5.41, 5.74) is 2.11. The van der Waals surface area contributed by atoms with Crippen LogP contribution in [0.1, 0.15) is 22.8 Å². The van der Waals surface area contributed by atoms with E-state index in [1.54, 1.807) is 61.7 Å². The molecule has 0 saturated carbocycles. The molecule has 0 atom stereocenters. The van der Waals surface area contributed by atoms with Gasteiger partial charge in [0.05, 0.1) is 6.61 Å². The van der Waals surface area contributed by atoms with Crippen LogP contribution in [0.25, 0.3) is 6.08 Å². The van der Waals surface area contributed by atoms with Crippen molar-refractivity contribution in [1.29, 1.82) is 0 Å². The van der Waals surface area contributed by atoms with Crippen molar-refractivity contribution in [2.45, 2.75) is 6.92 Å². The maximum absolute atomic E-state index is 11.9. The van der Waals surface area contributed by atoms with Crippen LogP contribution in [-0.2, 0) is 4.79 Å².